The molecule has 1 aromatic rings. The highest BCUT2D eigenvalue weighted by molar-refractivity contribution is 14.1. The minimum atomic E-state index is -0.0959. The van der Waals surface area contributed by atoms with Crippen LogP contribution in [0.5, 0.6) is 0 Å². The van der Waals surface area contributed by atoms with Gasteiger partial charge in [-0.05, 0) is 35.9 Å². The van der Waals surface area contributed by atoms with Gasteiger partial charge in [0, 0.05) is 6.04 Å². The van der Waals surface area contributed by atoms with Crippen LogP contribution in [-0.2, 0) is 0 Å². The van der Waals surface area contributed by atoms with Crippen LogP contribution in [0.1, 0.15) is 20.3 Å². The number of hydrogen-bond donors (Lipinski definition) is 2. The van der Waals surface area contributed by atoms with Crippen molar-refractivity contribution >= 4 is 28.4 Å². The van der Waals surface area contributed by atoms with E-state index >= 15 is 0 Å². The lowest BCUT2D eigenvalue weighted by molar-refractivity contribution is 0.756. The summed E-state index contributed by atoms with van der Waals surface area (Å²) in [7, 11) is 0. The number of aromatic nitrogens is 2. The molecule has 5 heteroatoms. The lowest BCUT2D eigenvalue weighted by Crippen LogP contribution is -2.20. The van der Waals surface area contributed by atoms with Crippen molar-refractivity contribution in [3.05, 3.63) is 20.3 Å². The third kappa shape index (κ3) is 2.68. The summed E-state index contributed by atoms with van der Waals surface area (Å²) >= 11 is 1.99. The van der Waals surface area contributed by atoms with Crippen molar-refractivity contribution in [1.29, 1.82) is 0 Å². The minimum Gasteiger partial charge on any atom is -0.367 e. The molecule has 1 atom stereocenters. The normalized spacial score (nSPS) is 12.5. The average molecular weight is 293 g/mol. The molecule has 2 N–H and O–H groups in total. The third-order valence-corrected chi connectivity index (χ3v) is 2.79. The quantitative estimate of drug-likeness (QED) is 0.832. The zero-order valence-electron chi connectivity index (χ0n) is 7.60. The fourth-order valence-corrected chi connectivity index (χ4v) is 1.27. The summed E-state index contributed by atoms with van der Waals surface area (Å²) in [4.78, 5) is 17.7. The van der Waals surface area contributed by atoms with E-state index in [2.05, 4.69) is 29.1 Å². The summed E-state index contributed by atoms with van der Waals surface area (Å²) < 4.78 is 0.611. The van der Waals surface area contributed by atoms with Gasteiger partial charge in [0.2, 0.25) is 0 Å². The monoisotopic (exact) mass is 293 g/mol. The van der Waals surface area contributed by atoms with E-state index in [0.717, 1.165) is 6.42 Å². The first kappa shape index (κ1) is 10.5. The zero-order valence-corrected chi connectivity index (χ0v) is 9.75. The molecule has 0 saturated carbocycles. The van der Waals surface area contributed by atoms with Gasteiger partial charge in [-0.15, -0.1) is 0 Å². The SMILES string of the molecule is CCC(C)Nc1nc[nH]c(=O)c1I. The number of anilines is 1. The predicted octanol–water partition coefficient (Wildman–Crippen LogP) is 1.58. The van der Waals surface area contributed by atoms with Gasteiger partial charge in [-0.25, -0.2) is 4.98 Å². The Labute approximate surface area is 90.3 Å². The first-order chi connectivity index (χ1) is 6.15. The Morgan fingerprint density at radius 3 is 3.08 bits per heavy atom. The largest absolute Gasteiger partial charge is 0.367 e. The summed E-state index contributed by atoms with van der Waals surface area (Å²) in [5.74, 6) is 0.665. The molecule has 0 saturated heterocycles. The minimum absolute atomic E-state index is 0.0959. The Hall–Kier alpha value is -0.590. The molecule has 0 aliphatic rings. The second-order valence-electron chi connectivity index (χ2n) is 2.85. The topological polar surface area (TPSA) is 57.8 Å². The average Bonchev–Trinajstić information content (AvgIpc) is 2.13. The Morgan fingerprint density at radius 2 is 2.46 bits per heavy atom. The van der Waals surface area contributed by atoms with Gasteiger partial charge < -0.3 is 10.3 Å². The molecule has 0 spiro atoms. The second kappa shape index (κ2) is 4.59. The second-order valence-corrected chi connectivity index (χ2v) is 3.93. The fraction of sp³-hybridized carbons (Fsp3) is 0.500. The number of nitrogens with one attached hydrogen (secondary N) is 2. The molecule has 0 amide bonds. The first-order valence-corrected chi connectivity index (χ1v) is 5.22. The number of H-pyrrole nitrogens is 1. The zero-order chi connectivity index (χ0) is 9.84. The van der Waals surface area contributed by atoms with Gasteiger partial charge in [0.15, 0.2) is 0 Å². The molecule has 1 rings (SSSR count). The van der Waals surface area contributed by atoms with Crippen LogP contribution >= 0.6 is 22.6 Å². The molecule has 1 heterocycles. The van der Waals surface area contributed by atoms with E-state index in [1.54, 1.807) is 0 Å². The van der Waals surface area contributed by atoms with Gasteiger partial charge >= 0.3 is 0 Å². The highest BCUT2D eigenvalue weighted by Crippen LogP contribution is 2.10. The van der Waals surface area contributed by atoms with Crippen LogP contribution < -0.4 is 10.9 Å². The molecular weight excluding hydrogens is 281 g/mol. The molecule has 0 aromatic carbocycles. The standard InChI is InChI=1S/C8H12IN3O/c1-3-5(2)12-7-6(9)8(13)11-4-10-7/h4-5H,3H2,1-2H3,(H2,10,11,12,13). The number of rotatable bonds is 3. The summed E-state index contributed by atoms with van der Waals surface area (Å²) in [5.41, 5.74) is -0.0959. The van der Waals surface area contributed by atoms with Crippen molar-refractivity contribution in [3.8, 4) is 0 Å². The van der Waals surface area contributed by atoms with Crippen molar-refractivity contribution in [2.24, 2.45) is 0 Å². The van der Waals surface area contributed by atoms with E-state index in [-0.39, 0.29) is 5.56 Å². The number of nitrogens with zero attached hydrogens (tertiary/aromatic N) is 1. The Kier molecular flexibility index (Phi) is 3.71. The van der Waals surface area contributed by atoms with Crippen LogP contribution in [0.3, 0.4) is 0 Å². The lowest BCUT2D eigenvalue weighted by atomic mass is 10.2. The van der Waals surface area contributed by atoms with E-state index in [0.29, 0.717) is 15.4 Å². The number of hydrogen-bond acceptors (Lipinski definition) is 3. The summed E-state index contributed by atoms with van der Waals surface area (Å²) in [5, 5.41) is 3.16. The van der Waals surface area contributed by atoms with Crippen LogP contribution in [0.4, 0.5) is 5.82 Å². The van der Waals surface area contributed by atoms with E-state index in [9.17, 15) is 4.79 Å². The highest BCUT2D eigenvalue weighted by atomic mass is 127. The van der Waals surface area contributed by atoms with E-state index in [4.69, 9.17) is 0 Å². The van der Waals surface area contributed by atoms with Crippen molar-refractivity contribution in [1.82, 2.24) is 9.97 Å². The molecule has 0 aliphatic heterocycles. The number of halogens is 1. The Balaban J connectivity index is 2.89. The van der Waals surface area contributed by atoms with Gasteiger partial charge in [0.25, 0.3) is 5.56 Å². The van der Waals surface area contributed by atoms with Crippen molar-refractivity contribution in [3.63, 3.8) is 0 Å². The summed E-state index contributed by atoms with van der Waals surface area (Å²) in [6.45, 7) is 4.14. The molecule has 0 fully saturated rings. The van der Waals surface area contributed by atoms with Crippen molar-refractivity contribution < 1.29 is 0 Å². The van der Waals surface area contributed by atoms with Crippen LogP contribution in [-0.4, -0.2) is 16.0 Å². The smallest absolute Gasteiger partial charge is 0.266 e. The van der Waals surface area contributed by atoms with Gasteiger partial charge in [-0.1, -0.05) is 6.92 Å². The summed E-state index contributed by atoms with van der Waals surface area (Å²) in [6, 6.07) is 0.336. The number of aromatic amines is 1. The molecule has 0 radical (unpaired) electrons. The highest BCUT2D eigenvalue weighted by Gasteiger charge is 2.06. The van der Waals surface area contributed by atoms with Gasteiger partial charge in [0.05, 0.1) is 6.33 Å². The van der Waals surface area contributed by atoms with E-state index in [1.807, 2.05) is 22.6 Å². The van der Waals surface area contributed by atoms with Gasteiger partial charge in [-0.3, -0.25) is 4.79 Å². The maximum Gasteiger partial charge on any atom is 0.266 e. The van der Waals surface area contributed by atoms with Crippen LogP contribution in [0.2, 0.25) is 0 Å². The van der Waals surface area contributed by atoms with E-state index < -0.39 is 0 Å². The van der Waals surface area contributed by atoms with Crippen molar-refractivity contribution in [2.45, 2.75) is 26.3 Å². The molecule has 0 aliphatic carbocycles. The van der Waals surface area contributed by atoms with E-state index in [1.165, 1.54) is 6.33 Å². The maximum absolute atomic E-state index is 11.2. The Morgan fingerprint density at radius 1 is 1.77 bits per heavy atom. The van der Waals surface area contributed by atoms with Crippen LogP contribution in [0.15, 0.2) is 11.1 Å². The molecule has 13 heavy (non-hydrogen) atoms. The third-order valence-electron chi connectivity index (χ3n) is 1.79. The lowest BCUT2D eigenvalue weighted by Gasteiger charge is -2.12. The molecule has 4 nitrogen and oxygen atoms in total. The molecule has 1 unspecified atom stereocenters. The molecule has 1 aromatic heterocycles. The van der Waals surface area contributed by atoms with Crippen molar-refractivity contribution in [2.75, 3.05) is 5.32 Å². The first-order valence-electron chi connectivity index (χ1n) is 4.14. The molecule has 72 valence electrons. The van der Waals surface area contributed by atoms with Crippen LogP contribution in [0, 0.1) is 3.57 Å². The fourth-order valence-electron chi connectivity index (χ4n) is 0.819. The molecule has 0 bridgehead atoms. The van der Waals surface area contributed by atoms with Gasteiger partial charge in [0.1, 0.15) is 9.39 Å². The maximum atomic E-state index is 11.2. The molecular formula is C8H12IN3O. The van der Waals surface area contributed by atoms with Gasteiger partial charge in [-0.2, -0.15) is 0 Å². The van der Waals surface area contributed by atoms with Crippen LogP contribution in [0.25, 0.3) is 0 Å². The Bertz CT molecular complexity index is 336. The predicted molar refractivity (Wildman–Crippen MR) is 61.0 cm³/mol. The summed E-state index contributed by atoms with van der Waals surface area (Å²) in [6.07, 6.45) is 2.42.